The molecule has 3 rings (SSSR count). The van der Waals surface area contributed by atoms with Crippen LogP contribution >= 0.6 is 0 Å². The fourth-order valence-corrected chi connectivity index (χ4v) is 3.79. The van der Waals surface area contributed by atoms with Gasteiger partial charge in [0.15, 0.2) is 6.61 Å². The van der Waals surface area contributed by atoms with Crippen molar-refractivity contribution in [3.05, 3.63) is 39.7 Å². The lowest BCUT2D eigenvalue weighted by Crippen LogP contribution is -2.51. The average molecular weight is 368 g/mol. The lowest BCUT2D eigenvalue weighted by molar-refractivity contribution is -0.137. The third kappa shape index (κ3) is 3.55. The number of aryl methyl sites for hydroxylation is 2. The molecule has 27 heavy (non-hydrogen) atoms. The smallest absolute Gasteiger partial charge is 0.336 e. The minimum Gasteiger partial charge on any atom is -0.483 e. The summed E-state index contributed by atoms with van der Waals surface area (Å²) >= 11 is 0. The molecule has 1 aliphatic carbocycles. The van der Waals surface area contributed by atoms with E-state index in [2.05, 4.69) is 6.07 Å². The molecule has 1 heterocycles. The van der Waals surface area contributed by atoms with Crippen molar-refractivity contribution in [1.82, 2.24) is 4.90 Å². The second-order valence-corrected chi connectivity index (χ2v) is 7.26. The molecule has 1 amide bonds. The molecule has 0 radical (unpaired) electrons. The van der Waals surface area contributed by atoms with Crippen LogP contribution in [0.15, 0.2) is 27.4 Å². The van der Waals surface area contributed by atoms with Gasteiger partial charge in [0, 0.05) is 24.1 Å². The van der Waals surface area contributed by atoms with Crippen molar-refractivity contribution < 1.29 is 13.9 Å². The summed E-state index contributed by atoms with van der Waals surface area (Å²) in [5.41, 5.74) is 0.834. The van der Waals surface area contributed by atoms with Crippen LogP contribution in [0, 0.1) is 25.2 Å². The summed E-state index contributed by atoms with van der Waals surface area (Å²) in [6.07, 6.45) is 4.40. The standard InChI is InChI=1S/C21H24N2O4/c1-14-11-19(25)27-20-15(2)17(8-7-16(14)20)26-12-18(24)23(3)21(13-22)9-5-4-6-10-21/h7-8,11H,4-6,9-10,12H2,1-3H3. The Bertz CT molecular complexity index is 965. The molecule has 0 aliphatic heterocycles. The fraction of sp³-hybridized carbons (Fsp3) is 0.476. The second kappa shape index (κ2) is 7.43. The van der Waals surface area contributed by atoms with Crippen LogP contribution in [-0.2, 0) is 4.79 Å². The summed E-state index contributed by atoms with van der Waals surface area (Å²) in [6, 6.07) is 7.39. The zero-order chi connectivity index (χ0) is 19.6. The predicted octanol–water partition coefficient (Wildman–Crippen LogP) is 3.47. The predicted molar refractivity (Wildman–Crippen MR) is 102 cm³/mol. The molecule has 0 saturated heterocycles. The lowest BCUT2D eigenvalue weighted by Gasteiger charge is -2.38. The van der Waals surface area contributed by atoms with Crippen molar-refractivity contribution in [2.75, 3.05) is 13.7 Å². The average Bonchev–Trinajstić information content (AvgIpc) is 2.67. The van der Waals surface area contributed by atoms with Crippen molar-refractivity contribution in [2.24, 2.45) is 0 Å². The molecule has 1 saturated carbocycles. The van der Waals surface area contributed by atoms with Crippen LogP contribution in [0.1, 0.15) is 43.2 Å². The van der Waals surface area contributed by atoms with Crippen LogP contribution in [0.25, 0.3) is 11.0 Å². The number of nitriles is 1. The van der Waals surface area contributed by atoms with Crippen molar-refractivity contribution in [3.8, 4) is 11.8 Å². The molecule has 0 N–H and O–H groups in total. The van der Waals surface area contributed by atoms with Crippen LogP contribution in [-0.4, -0.2) is 30.0 Å². The first-order valence-corrected chi connectivity index (χ1v) is 9.23. The molecule has 0 bridgehead atoms. The number of amides is 1. The molecule has 1 aromatic carbocycles. The van der Waals surface area contributed by atoms with Gasteiger partial charge in [0.25, 0.3) is 5.91 Å². The molecule has 0 unspecified atom stereocenters. The van der Waals surface area contributed by atoms with Gasteiger partial charge in [-0.1, -0.05) is 19.3 Å². The summed E-state index contributed by atoms with van der Waals surface area (Å²) in [5, 5.41) is 10.5. The summed E-state index contributed by atoms with van der Waals surface area (Å²) in [4.78, 5) is 25.8. The highest BCUT2D eigenvalue weighted by Crippen LogP contribution is 2.33. The van der Waals surface area contributed by atoms with E-state index in [9.17, 15) is 14.9 Å². The van der Waals surface area contributed by atoms with E-state index in [0.717, 1.165) is 30.2 Å². The Labute approximate surface area is 158 Å². The Morgan fingerprint density at radius 1 is 1.30 bits per heavy atom. The highest BCUT2D eigenvalue weighted by Gasteiger charge is 2.38. The molecular weight excluding hydrogens is 344 g/mol. The summed E-state index contributed by atoms with van der Waals surface area (Å²) in [5.74, 6) is 0.260. The maximum Gasteiger partial charge on any atom is 0.336 e. The molecule has 6 nitrogen and oxygen atoms in total. The first-order valence-electron chi connectivity index (χ1n) is 9.23. The van der Waals surface area contributed by atoms with Crippen molar-refractivity contribution in [1.29, 1.82) is 5.26 Å². The first kappa shape index (κ1) is 19.0. The van der Waals surface area contributed by atoms with E-state index >= 15 is 0 Å². The van der Waals surface area contributed by atoms with E-state index < -0.39 is 11.2 Å². The van der Waals surface area contributed by atoms with Gasteiger partial charge in [0.05, 0.1) is 6.07 Å². The minimum atomic E-state index is -0.735. The zero-order valence-corrected chi connectivity index (χ0v) is 16.0. The Hall–Kier alpha value is -2.81. The fourth-order valence-electron chi connectivity index (χ4n) is 3.79. The molecule has 1 aliphatic rings. The Balaban J connectivity index is 1.78. The van der Waals surface area contributed by atoms with Gasteiger partial charge in [-0.3, -0.25) is 4.79 Å². The van der Waals surface area contributed by atoms with E-state index in [0.29, 0.717) is 29.7 Å². The van der Waals surface area contributed by atoms with Crippen molar-refractivity contribution >= 4 is 16.9 Å². The van der Waals surface area contributed by atoms with E-state index in [1.54, 1.807) is 20.0 Å². The quantitative estimate of drug-likeness (QED) is 0.772. The summed E-state index contributed by atoms with van der Waals surface area (Å²) in [6.45, 7) is 3.48. The van der Waals surface area contributed by atoms with E-state index in [4.69, 9.17) is 9.15 Å². The topological polar surface area (TPSA) is 83.5 Å². The van der Waals surface area contributed by atoms with Crippen molar-refractivity contribution in [2.45, 2.75) is 51.5 Å². The monoisotopic (exact) mass is 368 g/mol. The zero-order valence-electron chi connectivity index (χ0n) is 16.0. The maximum absolute atomic E-state index is 12.6. The number of hydrogen-bond donors (Lipinski definition) is 0. The molecule has 2 aromatic rings. The van der Waals surface area contributed by atoms with Gasteiger partial charge < -0.3 is 14.1 Å². The van der Waals surface area contributed by atoms with Gasteiger partial charge in [-0.05, 0) is 44.4 Å². The third-order valence-electron chi connectivity index (χ3n) is 5.57. The van der Waals surface area contributed by atoms with Crippen LogP contribution in [0.2, 0.25) is 0 Å². The van der Waals surface area contributed by atoms with E-state index in [1.807, 2.05) is 13.0 Å². The highest BCUT2D eigenvalue weighted by molar-refractivity contribution is 5.85. The van der Waals surface area contributed by atoms with Gasteiger partial charge in [0.2, 0.25) is 0 Å². The Morgan fingerprint density at radius 2 is 2.00 bits per heavy atom. The number of rotatable bonds is 4. The highest BCUT2D eigenvalue weighted by atomic mass is 16.5. The molecule has 142 valence electrons. The van der Waals surface area contributed by atoms with Gasteiger partial charge in [0.1, 0.15) is 16.9 Å². The normalized spacial score (nSPS) is 15.9. The molecule has 1 fully saturated rings. The van der Waals surface area contributed by atoms with Crippen LogP contribution in [0.3, 0.4) is 0 Å². The molecule has 0 atom stereocenters. The number of hydrogen-bond acceptors (Lipinski definition) is 5. The van der Waals surface area contributed by atoms with Gasteiger partial charge in [-0.15, -0.1) is 0 Å². The number of likely N-dealkylation sites (N-methyl/N-ethyl adjacent to an activating group) is 1. The maximum atomic E-state index is 12.6. The number of benzene rings is 1. The van der Waals surface area contributed by atoms with E-state index in [-0.39, 0.29) is 12.5 Å². The summed E-state index contributed by atoms with van der Waals surface area (Å²) in [7, 11) is 1.68. The SMILES string of the molecule is Cc1cc(=O)oc2c(C)c(OCC(=O)N(C)C3(C#N)CCCCC3)ccc12. The molecule has 1 aromatic heterocycles. The number of fused-ring (bicyclic) bond motifs is 1. The van der Waals surface area contributed by atoms with Crippen LogP contribution < -0.4 is 10.4 Å². The first-order chi connectivity index (χ1) is 12.9. The van der Waals surface area contributed by atoms with Gasteiger partial charge >= 0.3 is 5.63 Å². The number of carbonyl (C=O) groups is 1. The van der Waals surface area contributed by atoms with Gasteiger partial charge in [-0.25, -0.2) is 4.79 Å². The number of ether oxygens (including phenoxy) is 1. The minimum absolute atomic E-state index is 0.164. The number of carbonyl (C=O) groups excluding carboxylic acids is 1. The van der Waals surface area contributed by atoms with Crippen LogP contribution in [0.4, 0.5) is 0 Å². The molecular formula is C21H24N2O4. The van der Waals surface area contributed by atoms with E-state index in [1.165, 1.54) is 11.0 Å². The lowest BCUT2D eigenvalue weighted by atomic mass is 9.81. The second-order valence-electron chi connectivity index (χ2n) is 7.26. The Kier molecular flexibility index (Phi) is 5.22. The van der Waals surface area contributed by atoms with Crippen LogP contribution in [0.5, 0.6) is 5.75 Å². The Morgan fingerprint density at radius 3 is 2.67 bits per heavy atom. The molecule has 0 spiro atoms. The van der Waals surface area contributed by atoms with Gasteiger partial charge in [-0.2, -0.15) is 5.26 Å². The third-order valence-corrected chi connectivity index (χ3v) is 5.57. The summed E-state index contributed by atoms with van der Waals surface area (Å²) < 4.78 is 11.0. The largest absolute Gasteiger partial charge is 0.483 e. The number of nitrogens with zero attached hydrogens (tertiary/aromatic N) is 2. The molecule has 6 heteroatoms. The van der Waals surface area contributed by atoms with Crippen molar-refractivity contribution in [3.63, 3.8) is 0 Å².